The van der Waals surface area contributed by atoms with Gasteiger partial charge in [0.15, 0.2) is 0 Å². The molecule has 2 rings (SSSR count). The Bertz CT molecular complexity index is 875. The molecule has 1 aromatic carbocycles. The number of amides is 1. The van der Waals surface area contributed by atoms with Crippen molar-refractivity contribution in [3.8, 4) is 5.75 Å². The van der Waals surface area contributed by atoms with Crippen molar-refractivity contribution in [2.24, 2.45) is 5.14 Å². The molecule has 150 valence electrons. The highest BCUT2D eigenvalue weighted by Crippen LogP contribution is 2.57. The number of nitrogens with two attached hydrogens (primary N) is 1. The Hall–Kier alpha value is -1.23. The van der Waals surface area contributed by atoms with E-state index in [1.807, 2.05) is 0 Å². The van der Waals surface area contributed by atoms with Crippen molar-refractivity contribution < 1.29 is 32.3 Å². The number of hydrogen-bond donors (Lipinski definition) is 4. The van der Waals surface area contributed by atoms with Crippen LogP contribution in [-0.2, 0) is 16.6 Å². The molecule has 1 unspecified atom stereocenters. The number of rotatable bonds is 8. The third kappa shape index (κ3) is 4.79. The zero-order valence-corrected chi connectivity index (χ0v) is 17.0. The van der Waals surface area contributed by atoms with Gasteiger partial charge in [-0.05, 0) is 31.0 Å². The summed E-state index contributed by atoms with van der Waals surface area (Å²) in [5, 5.41) is 8.00. The molecule has 0 bridgehead atoms. The molecule has 0 aliphatic heterocycles. The van der Waals surface area contributed by atoms with E-state index in [9.17, 15) is 17.8 Å². The zero-order chi connectivity index (χ0) is 20.4. The number of carbonyl (C=O) groups is 1. The molecule has 27 heavy (non-hydrogen) atoms. The summed E-state index contributed by atoms with van der Waals surface area (Å²) < 4.78 is 45.3. The second-order valence-corrected chi connectivity index (χ2v) is 8.93. The number of halogens is 2. The zero-order valence-electron chi connectivity index (χ0n) is 14.5. The molecular formula is C15H19F2N2O5PS2. The maximum atomic E-state index is 14.2. The van der Waals surface area contributed by atoms with Crippen LogP contribution in [0.3, 0.4) is 0 Å². The van der Waals surface area contributed by atoms with Gasteiger partial charge in [-0.2, -0.15) is 8.78 Å². The molecule has 5 N–H and O–H groups in total. The highest BCUT2D eigenvalue weighted by Gasteiger charge is 2.44. The van der Waals surface area contributed by atoms with Gasteiger partial charge in [0.05, 0.1) is 27.2 Å². The van der Waals surface area contributed by atoms with E-state index in [0.717, 1.165) is 0 Å². The van der Waals surface area contributed by atoms with Gasteiger partial charge in [-0.3, -0.25) is 9.93 Å². The number of carbonyl (C=O) groups excluding carboxylic acids is 1. The summed E-state index contributed by atoms with van der Waals surface area (Å²) in [6, 6.07) is 2.89. The first-order chi connectivity index (χ1) is 12.6. The second kappa shape index (κ2) is 8.85. The van der Waals surface area contributed by atoms with Gasteiger partial charge in [-0.1, -0.05) is 0 Å². The van der Waals surface area contributed by atoms with Crippen LogP contribution in [0.15, 0.2) is 12.1 Å². The fourth-order valence-corrected chi connectivity index (χ4v) is 4.69. The van der Waals surface area contributed by atoms with Crippen LogP contribution in [0.4, 0.5) is 8.78 Å². The normalized spacial score (nSPS) is 13.2. The van der Waals surface area contributed by atoms with Crippen LogP contribution in [0.2, 0.25) is 0 Å². The molecule has 0 spiro atoms. The molecule has 0 aliphatic carbocycles. The Labute approximate surface area is 162 Å². The maximum absolute atomic E-state index is 14.2. The first-order valence-corrected chi connectivity index (χ1v) is 11.1. The summed E-state index contributed by atoms with van der Waals surface area (Å²) in [6.07, 6.45) is 0.376. The topological polar surface area (TPSA) is 122 Å². The highest BCUT2D eigenvalue weighted by atomic mass is 32.2. The van der Waals surface area contributed by atoms with Crippen LogP contribution >= 0.6 is 19.7 Å². The van der Waals surface area contributed by atoms with Crippen molar-refractivity contribution in [2.45, 2.75) is 19.0 Å². The summed E-state index contributed by atoms with van der Waals surface area (Å²) >= 11 is 0.683. The van der Waals surface area contributed by atoms with E-state index >= 15 is 0 Å². The average molecular weight is 440 g/mol. The van der Waals surface area contributed by atoms with E-state index in [2.05, 4.69) is 5.32 Å². The van der Waals surface area contributed by atoms with Crippen molar-refractivity contribution in [3.63, 3.8) is 0 Å². The Morgan fingerprint density at radius 3 is 2.67 bits per heavy atom. The third-order valence-corrected chi connectivity index (χ3v) is 6.72. The number of thiophene rings is 1. The fraction of sp³-hybridized carbons (Fsp3) is 0.400. The summed E-state index contributed by atoms with van der Waals surface area (Å²) in [6.45, 7) is 1.56. The Morgan fingerprint density at radius 2 is 2.11 bits per heavy atom. The molecule has 0 saturated heterocycles. The van der Waals surface area contributed by atoms with Crippen LogP contribution in [0.25, 0.3) is 10.1 Å². The molecular weight excluding hydrogens is 421 g/mol. The standard InChI is InChI=1S/C15H19F2N2O5PS2/c1-8-10-6-9(14(20)19-2)7-11(24-4-3-5-27(18)23)12(10)26-13(8)15(16,17)25(21)22/h6-7,21-22H,3-5,18H2,1-2H3,(H,19,20). The SMILES string of the molecule is CNC(=O)c1cc(OCCCS(N)=O)c2sc(C(F)(F)P(O)O)c(C)c2c1. The number of alkyl halides is 2. The van der Waals surface area contributed by atoms with Crippen LogP contribution < -0.4 is 15.2 Å². The predicted molar refractivity (Wildman–Crippen MR) is 103 cm³/mol. The summed E-state index contributed by atoms with van der Waals surface area (Å²) in [5.41, 5.74) is -3.44. The predicted octanol–water partition coefficient (Wildman–Crippen LogP) is 2.31. The largest absolute Gasteiger partial charge is 0.492 e. The molecule has 2 aromatic rings. The monoisotopic (exact) mass is 440 g/mol. The average Bonchev–Trinajstić information content (AvgIpc) is 2.95. The van der Waals surface area contributed by atoms with Gasteiger partial charge >= 0.3 is 5.66 Å². The Kier molecular flexibility index (Phi) is 7.23. The van der Waals surface area contributed by atoms with Gasteiger partial charge in [-0.15, -0.1) is 11.3 Å². The summed E-state index contributed by atoms with van der Waals surface area (Å²) in [7, 11) is -3.55. The first kappa shape index (κ1) is 22.1. The van der Waals surface area contributed by atoms with Crippen molar-refractivity contribution in [3.05, 3.63) is 28.1 Å². The van der Waals surface area contributed by atoms with Gasteiger partial charge in [0.25, 0.3) is 5.91 Å². The van der Waals surface area contributed by atoms with E-state index in [-0.39, 0.29) is 29.2 Å². The summed E-state index contributed by atoms with van der Waals surface area (Å²) in [5.74, 6) is 0.00394. The smallest absolute Gasteiger partial charge is 0.348 e. The number of ether oxygens (including phenoxy) is 1. The molecule has 1 heterocycles. The lowest BCUT2D eigenvalue weighted by molar-refractivity contribution is 0.0766. The van der Waals surface area contributed by atoms with Crippen molar-refractivity contribution in [1.29, 1.82) is 0 Å². The van der Waals surface area contributed by atoms with Crippen molar-refractivity contribution >= 4 is 46.7 Å². The first-order valence-electron chi connectivity index (χ1n) is 7.70. The second-order valence-electron chi connectivity index (χ2n) is 5.60. The number of fused-ring (bicyclic) bond motifs is 1. The molecule has 0 aliphatic rings. The molecule has 1 atom stereocenters. The molecule has 0 radical (unpaired) electrons. The molecule has 0 fully saturated rings. The fourth-order valence-electron chi connectivity index (χ4n) is 2.43. The number of hydrogen-bond acceptors (Lipinski definition) is 6. The number of aryl methyl sites for hydroxylation is 1. The van der Waals surface area contributed by atoms with E-state index in [4.69, 9.17) is 19.7 Å². The minimum atomic E-state index is -3.80. The van der Waals surface area contributed by atoms with Crippen LogP contribution in [0, 0.1) is 6.92 Å². The van der Waals surface area contributed by atoms with Gasteiger partial charge in [0.2, 0.25) is 8.38 Å². The molecule has 1 aromatic heterocycles. The van der Waals surface area contributed by atoms with Crippen LogP contribution in [-0.4, -0.2) is 39.3 Å². The highest BCUT2D eigenvalue weighted by molar-refractivity contribution is 7.82. The minimum absolute atomic E-state index is 0.130. The van der Waals surface area contributed by atoms with E-state index in [1.165, 1.54) is 26.1 Å². The Morgan fingerprint density at radius 1 is 1.44 bits per heavy atom. The number of nitrogens with one attached hydrogen (secondary N) is 1. The lowest BCUT2D eigenvalue weighted by atomic mass is 10.1. The third-order valence-electron chi connectivity index (χ3n) is 3.76. The molecule has 1 amide bonds. The van der Waals surface area contributed by atoms with Gasteiger partial charge in [0.1, 0.15) is 5.75 Å². The van der Waals surface area contributed by atoms with Gasteiger partial charge in [0, 0.05) is 23.8 Å². The molecule has 0 saturated carbocycles. The van der Waals surface area contributed by atoms with E-state index in [0.29, 0.717) is 27.8 Å². The van der Waals surface area contributed by atoms with Crippen molar-refractivity contribution in [2.75, 3.05) is 19.4 Å². The molecule has 7 nitrogen and oxygen atoms in total. The lowest BCUT2D eigenvalue weighted by Gasteiger charge is -2.16. The van der Waals surface area contributed by atoms with Crippen LogP contribution in [0.1, 0.15) is 27.2 Å². The lowest BCUT2D eigenvalue weighted by Crippen LogP contribution is -2.18. The van der Waals surface area contributed by atoms with Crippen molar-refractivity contribution in [1.82, 2.24) is 5.32 Å². The van der Waals surface area contributed by atoms with Gasteiger partial charge < -0.3 is 19.8 Å². The van der Waals surface area contributed by atoms with E-state index in [1.54, 1.807) is 0 Å². The maximum Gasteiger partial charge on any atom is 0.348 e. The van der Waals surface area contributed by atoms with Gasteiger partial charge in [-0.25, -0.2) is 4.21 Å². The summed E-state index contributed by atoms with van der Waals surface area (Å²) in [4.78, 5) is 29.7. The van der Waals surface area contributed by atoms with E-state index < -0.39 is 35.8 Å². The number of benzene rings is 1. The quantitative estimate of drug-likeness (QED) is 0.371. The molecule has 12 heteroatoms. The van der Waals surface area contributed by atoms with Crippen LogP contribution in [0.5, 0.6) is 5.75 Å². The minimum Gasteiger partial charge on any atom is -0.492 e. The Balaban J connectivity index is 2.54.